The van der Waals surface area contributed by atoms with Gasteiger partial charge in [0.2, 0.25) is 11.8 Å². The van der Waals surface area contributed by atoms with Crippen LogP contribution in [0.15, 0.2) is 48.5 Å². The van der Waals surface area contributed by atoms with Crippen LogP contribution in [0.4, 0.5) is 5.95 Å². The molecule has 0 amide bonds. The van der Waals surface area contributed by atoms with Gasteiger partial charge in [0.15, 0.2) is 17.4 Å². The maximum absolute atomic E-state index is 13.7. The molecule has 0 fully saturated rings. The van der Waals surface area contributed by atoms with Crippen LogP contribution >= 0.6 is 7.75 Å². The Bertz CT molecular complexity index is 1410. The fourth-order valence-electron chi connectivity index (χ4n) is 4.12. The van der Waals surface area contributed by atoms with Crippen LogP contribution in [0, 0.1) is 11.8 Å². The van der Waals surface area contributed by atoms with Gasteiger partial charge in [-0.25, -0.2) is 14.6 Å². The van der Waals surface area contributed by atoms with Crippen LogP contribution in [0.1, 0.15) is 47.3 Å². The van der Waals surface area contributed by atoms with Crippen LogP contribution in [-0.2, 0) is 23.4 Å². The number of fused-ring (bicyclic) bond motifs is 1. The average Bonchev–Trinajstić information content (AvgIpc) is 3.50. The summed E-state index contributed by atoms with van der Waals surface area (Å²) in [4.78, 5) is 24.8. The highest BCUT2D eigenvalue weighted by Gasteiger charge is 2.32. The molecule has 1 aliphatic rings. The predicted molar refractivity (Wildman–Crippen MR) is 152 cm³/mol. The molecule has 1 aliphatic heterocycles. The zero-order valence-electron chi connectivity index (χ0n) is 23.9. The number of imidazole rings is 1. The van der Waals surface area contributed by atoms with Gasteiger partial charge in [-0.1, -0.05) is 39.0 Å². The fraction of sp³-hybridized carbons (Fsp3) is 0.481. The molecule has 4 unspecified atom stereocenters. The number of para-hydroxylation sites is 1. The molecule has 3 heterocycles. The highest BCUT2D eigenvalue weighted by atomic mass is 31.2. The van der Waals surface area contributed by atoms with Crippen molar-refractivity contribution in [1.82, 2.24) is 24.6 Å². The summed E-state index contributed by atoms with van der Waals surface area (Å²) >= 11 is 0. The summed E-state index contributed by atoms with van der Waals surface area (Å²) in [5, 5.41) is 2.87. The van der Waals surface area contributed by atoms with Crippen LogP contribution in [0.25, 0.3) is 11.2 Å². The van der Waals surface area contributed by atoms with Crippen molar-refractivity contribution in [3.05, 3.63) is 48.5 Å². The van der Waals surface area contributed by atoms with E-state index >= 15 is 0 Å². The van der Waals surface area contributed by atoms with Crippen LogP contribution < -0.4 is 20.1 Å². The third-order valence-corrected chi connectivity index (χ3v) is 7.77. The number of anilines is 1. The lowest BCUT2D eigenvalue weighted by atomic mass is 10.1. The number of hydrogen-bond acceptors (Lipinski definition) is 11. The Morgan fingerprint density at radius 2 is 1.98 bits per heavy atom. The minimum Gasteiger partial charge on any atom is -0.476 e. The first-order chi connectivity index (χ1) is 19.6. The van der Waals surface area contributed by atoms with E-state index < -0.39 is 20.0 Å². The van der Waals surface area contributed by atoms with Crippen LogP contribution in [0.3, 0.4) is 0 Å². The van der Waals surface area contributed by atoms with Crippen LogP contribution in [-0.4, -0.2) is 51.4 Å². The number of esters is 1. The van der Waals surface area contributed by atoms with Gasteiger partial charge in [0.25, 0.3) is 0 Å². The lowest BCUT2D eigenvalue weighted by Gasteiger charge is -2.24. The highest BCUT2D eigenvalue weighted by Crippen LogP contribution is 2.45. The zero-order chi connectivity index (χ0) is 29.6. The summed E-state index contributed by atoms with van der Waals surface area (Å²) in [5.74, 6) is 0.770. The number of rotatable bonds is 14. The molecule has 0 saturated carbocycles. The number of nitrogens with zero attached hydrogens (tertiary/aromatic N) is 4. The van der Waals surface area contributed by atoms with E-state index in [4.69, 9.17) is 29.0 Å². The number of nitrogens with two attached hydrogens (primary N) is 1. The zero-order valence-corrected chi connectivity index (χ0v) is 24.7. The van der Waals surface area contributed by atoms with E-state index in [-0.39, 0.29) is 37.0 Å². The van der Waals surface area contributed by atoms with Gasteiger partial charge in [-0.3, -0.25) is 13.9 Å². The Hall–Kier alpha value is -3.67. The number of nitrogens with one attached hydrogen (secondary N) is 1. The molecule has 3 N–H and O–H groups in total. The second-order valence-electron chi connectivity index (χ2n) is 9.94. The third-order valence-electron chi connectivity index (χ3n) is 6.04. The molecule has 13 nitrogen and oxygen atoms in total. The van der Waals surface area contributed by atoms with Crippen molar-refractivity contribution in [3.63, 3.8) is 0 Å². The highest BCUT2D eigenvalue weighted by molar-refractivity contribution is 7.52. The van der Waals surface area contributed by atoms with E-state index in [0.29, 0.717) is 41.6 Å². The molecule has 222 valence electrons. The molecular formula is C27H37N6O7P. The van der Waals surface area contributed by atoms with Gasteiger partial charge in [-0.15, -0.1) is 0 Å². The molecule has 4 atom stereocenters. The van der Waals surface area contributed by atoms with Gasteiger partial charge >= 0.3 is 13.7 Å². The van der Waals surface area contributed by atoms with Gasteiger partial charge in [0.05, 0.1) is 24.9 Å². The van der Waals surface area contributed by atoms with Gasteiger partial charge in [0.1, 0.15) is 18.7 Å². The fourth-order valence-corrected chi connectivity index (χ4v) is 5.64. The average molecular weight is 589 g/mol. The van der Waals surface area contributed by atoms with Crippen molar-refractivity contribution in [2.24, 2.45) is 11.8 Å². The van der Waals surface area contributed by atoms with E-state index in [2.05, 4.69) is 20.0 Å². The third kappa shape index (κ3) is 7.75. The number of carbonyl (C=O) groups excluding carboxylic acids is 1. The molecule has 0 aliphatic carbocycles. The molecule has 0 saturated heterocycles. The molecular weight excluding hydrogens is 551 g/mol. The quantitative estimate of drug-likeness (QED) is 0.199. The number of nitrogen functional groups attached to an aromatic ring is 1. The molecule has 1 aromatic carbocycles. The van der Waals surface area contributed by atoms with Crippen LogP contribution in [0.2, 0.25) is 0 Å². The van der Waals surface area contributed by atoms with Crippen molar-refractivity contribution in [2.45, 2.75) is 53.3 Å². The Morgan fingerprint density at radius 1 is 1.22 bits per heavy atom. The predicted octanol–water partition coefficient (Wildman–Crippen LogP) is 4.63. The van der Waals surface area contributed by atoms with Crippen molar-refractivity contribution in [1.29, 1.82) is 0 Å². The smallest absolute Gasteiger partial charge is 0.459 e. The van der Waals surface area contributed by atoms with E-state index in [1.54, 1.807) is 55.9 Å². The normalized spacial score (nSPS) is 18.9. The van der Waals surface area contributed by atoms with Gasteiger partial charge in [-0.05, 0) is 32.1 Å². The van der Waals surface area contributed by atoms with Crippen molar-refractivity contribution in [3.8, 4) is 11.6 Å². The second-order valence-corrected chi connectivity index (χ2v) is 11.6. The topological polar surface area (TPSA) is 162 Å². The minimum absolute atomic E-state index is 0.00785. The van der Waals surface area contributed by atoms with Crippen molar-refractivity contribution in [2.75, 3.05) is 25.6 Å². The van der Waals surface area contributed by atoms with E-state index in [1.165, 1.54) is 0 Å². The number of aromatic nitrogens is 4. The molecule has 14 heteroatoms. The molecule has 3 aromatic rings. The van der Waals surface area contributed by atoms with Crippen molar-refractivity contribution >= 4 is 30.8 Å². The number of benzene rings is 1. The first-order valence-electron chi connectivity index (χ1n) is 13.5. The molecule has 0 bridgehead atoms. The lowest BCUT2D eigenvalue weighted by molar-refractivity contribution is -0.147. The van der Waals surface area contributed by atoms with Crippen LogP contribution in [0.5, 0.6) is 11.6 Å². The number of carbonyl (C=O) groups is 1. The summed E-state index contributed by atoms with van der Waals surface area (Å²) in [6, 6.07) is 8.22. The standard InChI is InChI=1S/C27H37N6O7P/c1-6-36-24-22-23(30-27(28)31-24)33(16-29-22)25-18(4)14-21(39-25)12-13-38-41(35,40-20-10-8-7-9-11-20)32-19(5)15-37-26(34)17(2)3/h7-11,14,16-19,25H,6,12-13,15H2,1-5H3,(H,32,35)(H2,28,30,31). The summed E-state index contributed by atoms with van der Waals surface area (Å²) in [6.07, 6.45) is 3.49. The van der Waals surface area contributed by atoms with E-state index in [1.807, 2.05) is 26.0 Å². The van der Waals surface area contributed by atoms with E-state index in [9.17, 15) is 9.36 Å². The summed E-state index contributed by atoms with van der Waals surface area (Å²) in [7, 11) is -3.85. The number of ether oxygens (including phenoxy) is 3. The maximum atomic E-state index is 13.7. The minimum atomic E-state index is -3.85. The summed E-state index contributed by atoms with van der Waals surface area (Å²) < 4.78 is 44.1. The lowest BCUT2D eigenvalue weighted by Crippen LogP contribution is -2.32. The largest absolute Gasteiger partial charge is 0.476 e. The Morgan fingerprint density at radius 3 is 2.68 bits per heavy atom. The monoisotopic (exact) mass is 588 g/mol. The molecule has 41 heavy (non-hydrogen) atoms. The first kappa shape index (κ1) is 30.3. The summed E-state index contributed by atoms with van der Waals surface area (Å²) in [5.41, 5.74) is 6.90. The Labute approximate surface area is 239 Å². The SMILES string of the molecule is CCOc1nc(N)nc2c1ncn2C1OC(CCOP(=O)(NC(C)COC(=O)C(C)C)Oc2ccccc2)=CC1C. The van der Waals surface area contributed by atoms with Gasteiger partial charge in [-0.2, -0.15) is 9.97 Å². The first-order valence-corrected chi connectivity index (χ1v) is 15.1. The van der Waals surface area contributed by atoms with E-state index in [0.717, 1.165) is 0 Å². The molecule has 0 radical (unpaired) electrons. The molecule has 4 rings (SSSR count). The van der Waals surface area contributed by atoms with Gasteiger partial charge in [0, 0.05) is 18.4 Å². The van der Waals surface area contributed by atoms with Crippen molar-refractivity contribution < 1.29 is 32.6 Å². The van der Waals surface area contributed by atoms with Gasteiger partial charge < -0.3 is 24.5 Å². The summed E-state index contributed by atoms with van der Waals surface area (Å²) in [6.45, 7) is 9.53. The second kappa shape index (κ2) is 13.3. The number of hydrogen-bond donors (Lipinski definition) is 2. The Balaban J connectivity index is 1.40. The molecule has 0 spiro atoms. The maximum Gasteiger partial charge on any atom is 0.459 e. The Kier molecular flexibility index (Phi) is 9.85. The molecule has 2 aromatic heterocycles.